The van der Waals surface area contributed by atoms with E-state index in [0.29, 0.717) is 17.8 Å². The van der Waals surface area contributed by atoms with Crippen molar-refractivity contribution in [3.8, 4) is 5.75 Å². The highest BCUT2D eigenvalue weighted by molar-refractivity contribution is 6.31. The van der Waals surface area contributed by atoms with Gasteiger partial charge in [-0.15, -0.1) is 0 Å². The third kappa shape index (κ3) is 2.47. The third-order valence-electron chi connectivity index (χ3n) is 3.61. The van der Waals surface area contributed by atoms with Gasteiger partial charge in [-0.3, -0.25) is 4.79 Å². The Bertz CT molecular complexity index is 717. The van der Waals surface area contributed by atoms with E-state index in [0.717, 1.165) is 18.4 Å². The molecule has 0 unspecified atom stereocenters. The number of nitrogens with zero attached hydrogens (tertiary/aromatic N) is 1. The van der Waals surface area contributed by atoms with Crippen LogP contribution in [0.4, 0.5) is 10.1 Å². The molecule has 5 heteroatoms. The fourth-order valence-corrected chi connectivity index (χ4v) is 2.80. The lowest BCUT2D eigenvalue weighted by atomic mass is 10.00. The highest BCUT2D eigenvalue weighted by Gasteiger charge is 2.26. The van der Waals surface area contributed by atoms with Gasteiger partial charge in [-0.25, -0.2) is 4.39 Å². The Labute approximate surface area is 126 Å². The quantitative estimate of drug-likeness (QED) is 0.871. The molecule has 1 N–H and O–H groups in total. The van der Waals surface area contributed by atoms with E-state index in [4.69, 9.17) is 11.6 Å². The number of hydrogen-bond acceptors (Lipinski definition) is 2. The fourth-order valence-electron chi connectivity index (χ4n) is 2.62. The number of phenols is 1. The van der Waals surface area contributed by atoms with Crippen LogP contribution in [0.25, 0.3) is 0 Å². The second kappa shape index (κ2) is 5.37. The maximum atomic E-state index is 13.2. The van der Waals surface area contributed by atoms with Gasteiger partial charge in [-0.05, 0) is 42.7 Å². The maximum Gasteiger partial charge on any atom is 0.258 e. The Balaban J connectivity index is 2.02. The van der Waals surface area contributed by atoms with Crippen LogP contribution in [0.15, 0.2) is 36.4 Å². The molecule has 1 heterocycles. The Kier molecular flexibility index (Phi) is 3.55. The molecule has 1 aliphatic rings. The molecule has 0 radical (unpaired) electrons. The number of aromatic hydroxyl groups is 1. The van der Waals surface area contributed by atoms with E-state index in [-0.39, 0.29) is 16.7 Å². The molecule has 0 aliphatic carbocycles. The van der Waals surface area contributed by atoms with E-state index < -0.39 is 5.82 Å². The van der Waals surface area contributed by atoms with E-state index in [2.05, 4.69) is 0 Å². The van der Waals surface area contributed by atoms with Crippen LogP contribution in [0.5, 0.6) is 5.75 Å². The zero-order valence-electron chi connectivity index (χ0n) is 11.1. The molecule has 0 fully saturated rings. The Morgan fingerprint density at radius 2 is 2.10 bits per heavy atom. The largest absolute Gasteiger partial charge is 0.506 e. The molecular weight excluding hydrogens is 293 g/mol. The first kappa shape index (κ1) is 13.9. The lowest BCUT2D eigenvalue weighted by molar-refractivity contribution is 0.0984. The molecule has 108 valence electrons. The molecule has 2 aromatic rings. The minimum atomic E-state index is -0.560. The summed E-state index contributed by atoms with van der Waals surface area (Å²) in [6, 6.07) is 9.10. The van der Waals surface area contributed by atoms with Gasteiger partial charge in [0.1, 0.15) is 11.6 Å². The molecule has 0 atom stereocenters. The standard InChI is InChI=1S/C16H13ClFNO2/c17-12-9-11(6-7-13(12)18)16(21)19-8-2-4-10-3-1-5-14(20)15(10)19/h1,3,5-7,9,20H,2,4,8H2. The third-order valence-corrected chi connectivity index (χ3v) is 3.90. The predicted octanol–water partition coefficient (Wildman–Crippen LogP) is 3.78. The molecule has 0 bridgehead atoms. The second-order valence-corrected chi connectivity index (χ2v) is 5.38. The normalized spacial score (nSPS) is 13.9. The van der Waals surface area contributed by atoms with Gasteiger partial charge in [-0.1, -0.05) is 23.7 Å². The molecule has 0 aromatic heterocycles. The number of anilines is 1. The van der Waals surface area contributed by atoms with Gasteiger partial charge in [-0.2, -0.15) is 0 Å². The van der Waals surface area contributed by atoms with Crippen molar-refractivity contribution >= 4 is 23.2 Å². The highest BCUT2D eigenvalue weighted by atomic mass is 35.5. The van der Waals surface area contributed by atoms with Crippen LogP contribution in [0.1, 0.15) is 22.3 Å². The zero-order valence-corrected chi connectivity index (χ0v) is 11.9. The summed E-state index contributed by atoms with van der Waals surface area (Å²) in [5.41, 5.74) is 1.77. The van der Waals surface area contributed by atoms with Crippen molar-refractivity contribution < 1.29 is 14.3 Å². The van der Waals surface area contributed by atoms with Crippen molar-refractivity contribution in [1.82, 2.24) is 0 Å². The number of carbonyl (C=O) groups is 1. The topological polar surface area (TPSA) is 40.5 Å². The minimum Gasteiger partial charge on any atom is -0.506 e. The first-order valence-corrected chi connectivity index (χ1v) is 7.03. The molecule has 3 rings (SSSR count). The summed E-state index contributed by atoms with van der Waals surface area (Å²) < 4.78 is 13.2. The van der Waals surface area contributed by atoms with Crippen LogP contribution >= 0.6 is 11.6 Å². The van der Waals surface area contributed by atoms with E-state index in [9.17, 15) is 14.3 Å². The van der Waals surface area contributed by atoms with Gasteiger partial charge in [0, 0.05) is 12.1 Å². The van der Waals surface area contributed by atoms with E-state index in [1.54, 1.807) is 12.1 Å². The summed E-state index contributed by atoms with van der Waals surface area (Å²) in [5.74, 6) is -0.775. The SMILES string of the molecule is O=C(c1ccc(F)c(Cl)c1)N1CCCc2cccc(O)c21. The van der Waals surface area contributed by atoms with Crippen LogP contribution < -0.4 is 4.90 Å². The number of fused-ring (bicyclic) bond motifs is 1. The van der Waals surface area contributed by atoms with Crippen molar-refractivity contribution in [2.75, 3.05) is 11.4 Å². The first-order valence-electron chi connectivity index (χ1n) is 6.65. The van der Waals surface area contributed by atoms with Gasteiger partial charge in [0.15, 0.2) is 0 Å². The summed E-state index contributed by atoms with van der Waals surface area (Å²) in [6.45, 7) is 0.512. The van der Waals surface area contributed by atoms with Crippen LogP contribution in [-0.2, 0) is 6.42 Å². The van der Waals surface area contributed by atoms with Gasteiger partial charge in [0.05, 0.1) is 10.7 Å². The van der Waals surface area contributed by atoms with E-state index >= 15 is 0 Å². The Hall–Kier alpha value is -2.07. The van der Waals surface area contributed by atoms with Crippen LogP contribution in [0.2, 0.25) is 5.02 Å². The zero-order chi connectivity index (χ0) is 15.0. The number of halogens is 2. The van der Waals surface area contributed by atoms with Crippen molar-refractivity contribution in [2.45, 2.75) is 12.8 Å². The predicted molar refractivity (Wildman–Crippen MR) is 79.5 cm³/mol. The molecule has 2 aromatic carbocycles. The first-order chi connectivity index (χ1) is 10.1. The average molecular weight is 306 g/mol. The number of para-hydroxylation sites is 1. The summed E-state index contributed by atoms with van der Waals surface area (Å²) in [4.78, 5) is 14.1. The number of rotatable bonds is 1. The molecule has 21 heavy (non-hydrogen) atoms. The molecule has 1 amide bonds. The molecule has 3 nitrogen and oxygen atoms in total. The number of amides is 1. The summed E-state index contributed by atoms with van der Waals surface area (Å²) in [6.07, 6.45) is 1.63. The minimum absolute atomic E-state index is 0.0776. The summed E-state index contributed by atoms with van der Waals surface area (Å²) >= 11 is 5.73. The Morgan fingerprint density at radius 1 is 1.29 bits per heavy atom. The number of carbonyl (C=O) groups excluding carboxylic acids is 1. The number of hydrogen-bond donors (Lipinski definition) is 1. The van der Waals surface area contributed by atoms with Crippen molar-refractivity contribution in [3.63, 3.8) is 0 Å². The van der Waals surface area contributed by atoms with Crippen LogP contribution in [0.3, 0.4) is 0 Å². The smallest absolute Gasteiger partial charge is 0.258 e. The molecule has 0 saturated heterocycles. The monoisotopic (exact) mass is 305 g/mol. The van der Waals surface area contributed by atoms with Crippen molar-refractivity contribution in [1.29, 1.82) is 0 Å². The average Bonchev–Trinajstić information content (AvgIpc) is 2.49. The van der Waals surface area contributed by atoms with Gasteiger partial charge >= 0.3 is 0 Å². The molecule has 0 spiro atoms. The van der Waals surface area contributed by atoms with Gasteiger partial charge in [0.25, 0.3) is 5.91 Å². The van der Waals surface area contributed by atoms with Crippen molar-refractivity contribution in [2.24, 2.45) is 0 Å². The highest BCUT2D eigenvalue weighted by Crippen LogP contribution is 2.36. The maximum absolute atomic E-state index is 13.2. The molecule has 0 saturated carbocycles. The Morgan fingerprint density at radius 3 is 2.86 bits per heavy atom. The van der Waals surface area contributed by atoms with E-state index in [1.807, 2.05) is 6.07 Å². The summed E-state index contributed by atoms with van der Waals surface area (Å²) in [7, 11) is 0. The number of aryl methyl sites for hydroxylation is 1. The van der Waals surface area contributed by atoms with Crippen molar-refractivity contribution in [3.05, 3.63) is 58.4 Å². The number of phenolic OH excluding ortho intramolecular Hbond substituents is 1. The summed E-state index contributed by atoms with van der Waals surface area (Å²) in [5, 5.41) is 9.95. The van der Waals surface area contributed by atoms with E-state index in [1.165, 1.54) is 23.1 Å². The lowest BCUT2D eigenvalue weighted by Crippen LogP contribution is -2.35. The fraction of sp³-hybridized carbons (Fsp3) is 0.188. The molecule has 1 aliphatic heterocycles. The van der Waals surface area contributed by atoms with Gasteiger partial charge in [0.2, 0.25) is 0 Å². The lowest BCUT2D eigenvalue weighted by Gasteiger charge is -2.30. The van der Waals surface area contributed by atoms with Crippen LogP contribution in [0, 0.1) is 5.82 Å². The number of benzene rings is 2. The second-order valence-electron chi connectivity index (χ2n) is 4.97. The van der Waals surface area contributed by atoms with Gasteiger partial charge < -0.3 is 10.0 Å². The molecular formula is C16H13ClFNO2. The van der Waals surface area contributed by atoms with Crippen LogP contribution in [-0.4, -0.2) is 17.6 Å².